The zero-order chi connectivity index (χ0) is 16.7. The maximum Gasteiger partial charge on any atom is 0.220 e. The van der Waals surface area contributed by atoms with Gasteiger partial charge in [0, 0.05) is 22.2 Å². The number of hydrogen-bond donors (Lipinski definition) is 1. The molecular formula is C18H23BrN2OS. The van der Waals surface area contributed by atoms with Crippen molar-refractivity contribution < 1.29 is 4.79 Å². The van der Waals surface area contributed by atoms with Gasteiger partial charge in [0.1, 0.15) is 0 Å². The molecule has 1 aromatic heterocycles. The highest BCUT2D eigenvalue weighted by atomic mass is 79.9. The molecule has 0 fully saturated rings. The Morgan fingerprint density at radius 1 is 1.26 bits per heavy atom. The molecule has 1 amide bonds. The summed E-state index contributed by atoms with van der Waals surface area (Å²) in [7, 11) is 0. The van der Waals surface area contributed by atoms with Crippen LogP contribution in [-0.4, -0.2) is 10.9 Å². The molecule has 3 nitrogen and oxygen atoms in total. The molecule has 0 aliphatic heterocycles. The van der Waals surface area contributed by atoms with E-state index in [9.17, 15) is 4.79 Å². The van der Waals surface area contributed by atoms with Crippen molar-refractivity contribution in [2.45, 2.75) is 52.0 Å². The summed E-state index contributed by atoms with van der Waals surface area (Å²) in [5.41, 5.74) is 2.28. The molecule has 2 aromatic rings. The Kier molecular flexibility index (Phi) is 7.24. The van der Waals surface area contributed by atoms with Gasteiger partial charge in [0.2, 0.25) is 5.91 Å². The van der Waals surface area contributed by atoms with Crippen molar-refractivity contribution in [2.75, 3.05) is 0 Å². The lowest BCUT2D eigenvalue weighted by Crippen LogP contribution is -2.22. The number of unbranched alkanes of at least 4 members (excludes halogenated alkanes) is 1. The average Bonchev–Trinajstić information content (AvgIpc) is 3.00. The second-order valence-electron chi connectivity index (χ2n) is 5.94. The summed E-state index contributed by atoms with van der Waals surface area (Å²) in [6.07, 6.45) is 3.54. The Morgan fingerprint density at radius 3 is 2.65 bits per heavy atom. The van der Waals surface area contributed by atoms with Crippen LogP contribution in [0.4, 0.5) is 0 Å². The van der Waals surface area contributed by atoms with Gasteiger partial charge in [0.05, 0.1) is 17.2 Å². The van der Waals surface area contributed by atoms with Crippen molar-refractivity contribution in [1.29, 1.82) is 0 Å². The van der Waals surface area contributed by atoms with Crippen LogP contribution < -0.4 is 5.32 Å². The van der Waals surface area contributed by atoms with Gasteiger partial charge in [-0.05, 0) is 37.0 Å². The molecule has 1 N–H and O–H groups in total. The smallest absolute Gasteiger partial charge is 0.220 e. The first-order chi connectivity index (χ1) is 11.0. The zero-order valence-corrected chi connectivity index (χ0v) is 16.0. The predicted octanol–water partition coefficient (Wildman–Crippen LogP) is 5.06. The van der Waals surface area contributed by atoms with Crippen LogP contribution in [0, 0.1) is 0 Å². The topological polar surface area (TPSA) is 42.0 Å². The summed E-state index contributed by atoms with van der Waals surface area (Å²) in [5, 5.41) is 6.12. The molecule has 0 saturated heterocycles. The van der Waals surface area contributed by atoms with Crippen LogP contribution in [0.25, 0.3) is 0 Å². The minimum absolute atomic E-state index is 0.111. The van der Waals surface area contributed by atoms with E-state index in [1.165, 1.54) is 5.56 Å². The summed E-state index contributed by atoms with van der Waals surface area (Å²) in [4.78, 5) is 16.4. The highest BCUT2D eigenvalue weighted by molar-refractivity contribution is 9.10. The molecule has 5 heteroatoms. The van der Waals surface area contributed by atoms with E-state index in [0.29, 0.717) is 18.9 Å². The minimum atomic E-state index is 0.111. The number of hydrogen-bond acceptors (Lipinski definition) is 3. The number of amides is 1. The third kappa shape index (κ3) is 6.43. The van der Waals surface area contributed by atoms with E-state index in [4.69, 9.17) is 0 Å². The highest BCUT2D eigenvalue weighted by Gasteiger charge is 2.07. The summed E-state index contributed by atoms with van der Waals surface area (Å²) in [6, 6.07) is 8.36. The molecule has 2 rings (SSSR count). The van der Waals surface area contributed by atoms with Crippen LogP contribution in [0.3, 0.4) is 0 Å². The fourth-order valence-corrected chi connectivity index (χ4v) is 3.31. The van der Waals surface area contributed by atoms with Crippen molar-refractivity contribution in [3.63, 3.8) is 0 Å². The SMILES string of the molecule is CC(C)c1nc(CNC(=O)CCCCc2ccc(Br)cc2)cs1. The quantitative estimate of drug-likeness (QED) is 0.635. The summed E-state index contributed by atoms with van der Waals surface area (Å²) >= 11 is 5.10. The maximum atomic E-state index is 11.9. The molecule has 124 valence electrons. The van der Waals surface area contributed by atoms with Gasteiger partial charge in [0.25, 0.3) is 0 Å². The lowest BCUT2D eigenvalue weighted by atomic mass is 10.1. The van der Waals surface area contributed by atoms with Crippen LogP contribution in [0.2, 0.25) is 0 Å². The van der Waals surface area contributed by atoms with E-state index in [-0.39, 0.29) is 5.91 Å². The van der Waals surface area contributed by atoms with Crippen molar-refractivity contribution in [3.8, 4) is 0 Å². The second kappa shape index (κ2) is 9.18. The van der Waals surface area contributed by atoms with Crippen molar-refractivity contribution >= 4 is 33.2 Å². The number of aromatic nitrogens is 1. The Bertz CT molecular complexity index is 622. The molecule has 0 spiro atoms. The van der Waals surface area contributed by atoms with Gasteiger partial charge in [-0.2, -0.15) is 0 Å². The minimum Gasteiger partial charge on any atom is -0.350 e. The number of thiazole rings is 1. The third-order valence-corrected chi connectivity index (χ3v) is 5.29. The number of nitrogens with one attached hydrogen (secondary N) is 1. The lowest BCUT2D eigenvalue weighted by Gasteiger charge is -2.04. The standard InChI is InChI=1S/C18H23BrN2OS/c1-13(2)18-21-16(12-23-18)11-20-17(22)6-4-3-5-14-7-9-15(19)10-8-14/h7-10,12-13H,3-6,11H2,1-2H3,(H,20,22). The highest BCUT2D eigenvalue weighted by Crippen LogP contribution is 2.19. The number of carbonyl (C=O) groups is 1. The molecule has 0 atom stereocenters. The van der Waals surface area contributed by atoms with Gasteiger partial charge in [-0.1, -0.05) is 41.9 Å². The monoisotopic (exact) mass is 394 g/mol. The van der Waals surface area contributed by atoms with Gasteiger partial charge in [-0.3, -0.25) is 4.79 Å². The fourth-order valence-electron chi connectivity index (χ4n) is 2.21. The van der Waals surface area contributed by atoms with Gasteiger partial charge >= 0.3 is 0 Å². The Labute approximate surface area is 150 Å². The van der Waals surface area contributed by atoms with Crippen LogP contribution in [-0.2, 0) is 17.8 Å². The number of carbonyl (C=O) groups excluding carboxylic acids is 1. The molecule has 1 aromatic carbocycles. The van der Waals surface area contributed by atoms with E-state index in [0.717, 1.165) is 34.4 Å². The van der Waals surface area contributed by atoms with E-state index in [1.807, 2.05) is 5.38 Å². The molecule has 1 heterocycles. The lowest BCUT2D eigenvalue weighted by molar-refractivity contribution is -0.121. The number of benzene rings is 1. The molecule has 0 bridgehead atoms. The Hall–Kier alpha value is -1.20. The second-order valence-corrected chi connectivity index (χ2v) is 7.75. The van der Waals surface area contributed by atoms with Crippen molar-refractivity contribution in [3.05, 3.63) is 50.4 Å². The van der Waals surface area contributed by atoms with E-state index in [1.54, 1.807) is 11.3 Å². The molecule has 0 aliphatic carbocycles. The number of aryl methyl sites for hydroxylation is 1. The number of halogens is 1. The normalized spacial score (nSPS) is 11.0. The average molecular weight is 395 g/mol. The van der Waals surface area contributed by atoms with Gasteiger partial charge < -0.3 is 5.32 Å². The Morgan fingerprint density at radius 2 is 2.00 bits per heavy atom. The summed E-state index contributed by atoms with van der Waals surface area (Å²) < 4.78 is 1.10. The van der Waals surface area contributed by atoms with Gasteiger partial charge in [-0.15, -0.1) is 11.3 Å². The first-order valence-electron chi connectivity index (χ1n) is 8.00. The van der Waals surface area contributed by atoms with E-state index < -0.39 is 0 Å². The predicted molar refractivity (Wildman–Crippen MR) is 99.7 cm³/mol. The van der Waals surface area contributed by atoms with Crippen molar-refractivity contribution in [2.24, 2.45) is 0 Å². The zero-order valence-electron chi connectivity index (χ0n) is 13.6. The molecule has 0 saturated carbocycles. The van der Waals surface area contributed by atoms with Crippen LogP contribution in [0.15, 0.2) is 34.1 Å². The first-order valence-corrected chi connectivity index (χ1v) is 9.67. The molecular weight excluding hydrogens is 372 g/mol. The summed E-state index contributed by atoms with van der Waals surface area (Å²) in [5.74, 6) is 0.558. The Balaban J connectivity index is 1.62. The molecule has 0 aliphatic rings. The van der Waals surface area contributed by atoms with E-state index in [2.05, 4.69) is 64.3 Å². The molecule has 0 unspecified atom stereocenters. The fraction of sp³-hybridized carbons (Fsp3) is 0.444. The van der Waals surface area contributed by atoms with Crippen LogP contribution in [0.1, 0.15) is 55.3 Å². The molecule has 23 heavy (non-hydrogen) atoms. The van der Waals surface area contributed by atoms with Crippen LogP contribution in [0.5, 0.6) is 0 Å². The number of rotatable bonds is 8. The van der Waals surface area contributed by atoms with Crippen LogP contribution >= 0.6 is 27.3 Å². The molecule has 0 radical (unpaired) electrons. The maximum absolute atomic E-state index is 11.9. The van der Waals surface area contributed by atoms with Gasteiger partial charge in [-0.25, -0.2) is 4.98 Å². The van der Waals surface area contributed by atoms with E-state index >= 15 is 0 Å². The summed E-state index contributed by atoms with van der Waals surface area (Å²) in [6.45, 7) is 4.80. The first kappa shape index (κ1) is 18.1. The van der Waals surface area contributed by atoms with Gasteiger partial charge in [0.15, 0.2) is 0 Å². The largest absolute Gasteiger partial charge is 0.350 e. The number of nitrogens with zero attached hydrogens (tertiary/aromatic N) is 1. The third-order valence-electron chi connectivity index (χ3n) is 3.56. The van der Waals surface area contributed by atoms with Crippen molar-refractivity contribution in [1.82, 2.24) is 10.3 Å².